The molecule has 0 heterocycles. The van der Waals surface area contributed by atoms with Crippen LogP contribution in [0.5, 0.6) is 0 Å². The molecule has 0 N–H and O–H groups in total. The van der Waals surface area contributed by atoms with Gasteiger partial charge < -0.3 is 0 Å². The topological polar surface area (TPSA) is 17.1 Å². The van der Waals surface area contributed by atoms with Crippen molar-refractivity contribution in [1.29, 1.82) is 0 Å². The molecule has 0 rings (SSSR count). The first-order valence-corrected chi connectivity index (χ1v) is 5.68. The smallest absolute Gasteiger partial charge is 0.133 e. The molecule has 0 fully saturated rings. The van der Waals surface area contributed by atoms with E-state index >= 15 is 0 Å². The minimum Gasteiger partial charge on any atom is -0.300 e. The van der Waals surface area contributed by atoms with Crippen molar-refractivity contribution in [1.82, 2.24) is 0 Å². The molecular formula is C13H24O. The highest BCUT2D eigenvalue weighted by atomic mass is 16.1. The summed E-state index contributed by atoms with van der Waals surface area (Å²) in [6.45, 7) is 10.5. The van der Waals surface area contributed by atoms with Crippen LogP contribution >= 0.6 is 0 Å². The van der Waals surface area contributed by atoms with E-state index in [1.807, 2.05) is 0 Å². The molecule has 1 atom stereocenters. The van der Waals surface area contributed by atoms with Crippen molar-refractivity contribution in [2.45, 2.75) is 60.3 Å². The summed E-state index contributed by atoms with van der Waals surface area (Å²) in [6, 6.07) is 0. The molecule has 0 aromatic rings. The Balaban J connectivity index is 4.41. The molecule has 0 spiro atoms. The maximum atomic E-state index is 11.0. The summed E-state index contributed by atoms with van der Waals surface area (Å²) in [6.07, 6.45) is 4.03. The Morgan fingerprint density at radius 3 is 2.14 bits per heavy atom. The van der Waals surface area contributed by atoms with E-state index in [-0.39, 0.29) is 5.78 Å². The molecule has 0 aromatic carbocycles. The van der Waals surface area contributed by atoms with Gasteiger partial charge in [0, 0.05) is 6.42 Å². The second-order valence-corrected chi connectivity index (χ2v) is 4.33. The zero-order chi connectivity index (χ0) is 11.1. The molecule has 0 amide bonds. The van der Waals surface area contributed by atoms with E-state index in [0.717, 1.165) is 18.8 Å². The molecule has 82 valence electrons. The van der Waals surface area contributed by atoms with Gasteiger partial charge in [-0.2, -0.15) is 0 Å². The van der Waals surface area contributed by atoms with Crippen LogP contribution in [0.4, 0.5) is 0 Å². The summed E-state index contributed by atoms with van der Waals surface area (Å²) in [5, 5.41) is 0. The van der Waals surface area contributed by atoms with Gasteiger partial charge in [0.1, 0.15) is 5.78 Å². The van der Waals surface area contributed by atoms with Gasteiger partial charge >= 0.3 is 0 Å². The van der Waals surface area contributed by atoms with Crippen LogP contribution in [0, 0.1) is 5.92 Å². The monoisotopic (exact) mass is 196 g/mol. The minimum absolute atomic E-state index is 0.283. The second-order valence-electron chi connectivity index (χ2n) is 4.33. The van der Waals surface area contributed by atoms with Crippen LogP contribution in [0.15, 0.2) is 11.1 Å². The summed E-state index contributed by atoms with van der Waals surface area (Å²) in [7, 11) is 0. The lowest BCUT2D eigenvalue weighted by molar-refractivity contribution is -0.116. The summed E-state index contributed by atoms with van der Waals surface area (Å²) < 4.78 is 0. The molecule has 0 saturated carbocycles. The van der Waals surface area contributed by atoms with Crippen molar-refractivity contribution in [2.75, 3.05) is 0 Å². The van der Waals surface area contributed by atoms with Crippen LogP contribution < -0.4 is 0 Å². The van der Waals surface area contributed by atoms with Gasteiger partial charge in [0.15, 0.2) is 0 Å². The number of hydrogen-bond acceptors (Lipinski definition) is 1. The third-order valence-corrected chi connectivity index (χ3v) is 2.84. The average Bonchev–Trinajstić information content (AvgIpc) is 2.13. The minimum atomic E-state index is 0.283. The van der Waals surface area contributed by atoms with E-state index in [9.17, 15) is 4.79 Å². The number of rotatable bonds is 6. The van der Waals surface area contributed by atoms with Gasteiger partial charge in [-0.1, -0.05) is 38.3 Å². The fourth-order valence-electron chi connectivity index (χ4n) is 1.69. The summed E-state index contributed by atoms with van der Waals surface area (Å²) in [4.78, 5) is 11.0. The number of Topliss-reactive ketones (excluding diaryl/α,β-unsaturated/α-hetero) is 1. The van der Waals surface area contributed by atoms with Crippen molar-refractivity contribution in [3.8, 4) is 0 Å². The van der Waals surface area contributed by atoms with Gasteiger partial charge in [-0.15, -0.1) is 0 Å². The molecule has 0 aromatic heterocycles. The van der Waals surface area contributed by atoms with E-state index in [1.54, 1.807) is 6.92 Å². The van der Waals surface area contributed by atoms with Crippen molar-refractivity contribution in [3.63, 3.8) is 0 Å². The second kappa shape index (κ2) is 6.80. The van der Waals surface area contributed by atoms with Crippen molar-refractivity contribution in [3.05, 3.63) is 11.1 Å². The molecule has 1 heteroatoms. The van der Waals surface area contributed by atoms with E-state index < -0.39 is 0 Å². The Hall–Kier alpha value is -0.590. The van der Waals surface area contributed by atoms with E-state index in [2.05, 4.69) is 27.7 Å². The molecule has 0 bridgehead atoms. The Labute approximate surface area is 88.6 Å². The van der Waals surface area contributed by atoms with Crippen molar-refractivity contribution < 1.29 is 4.79 Å². The SMILES string of the molecule is CC/C(CC(C)=O)=C(/C)C[C@@H](C)CC. The molecule has 0 aliphatic rings. The predicted molar refractivity (Wildman–Crippen MR) is 62.4 cm³/mol. The lowest BCUT2D eigenvalue weighted by Crippen LogP contribution is -2.00. The first-order valence-electron chi connectivity index (χ1n) is 5.68. The maximum absolute atomic E-state index is 11.0. The van der Waals surface area contributed by atoms with E-state index in [1.165, 1.54) is 17.6 Å². The highest BCUT2D eigenvalue weighted by molar-refractivity contribution is 5.78. The Kier molecular flexibility index (Phi) is 6.52. The third-order valence-electron chi connectivity index (χ3n) is 2.84. The molecular weight excluding hydrogens is 172 g/mol. The van der Waals surface area contributed by atoms with Crippen LogP contribution in [0.3, 0.4) is 0 Å². The molecule has 0 aliphatic heterocycles. The lowest BCUT2D eigenvalue weighted by atomic mass is 9.93. The van der Waals surface area contributed by atoms with Gasteiger partial charge in [-0.25, -0.2) is 0 Å². The van der Waals surface area contributed by atoms with Crippen LogP contribution in [0.1, 0.15) is 60.3 Å². The first kappa shape index (κ1) is 13.4. The van der Waals surface area contributed by atoms with Crippen LogP contribution in [0.25, 0.3) is 0 Å². The molecule has 0 unspecified atom stereocenters. The van der Waals surface area contributed by atoms with Gasteiger partial charge in [0.2, 0.25) is 0 Å². The normalized spacial score (nSPS) is 14.9. The standard InChI is InChI=1S/C13H24O/c1-6-10(3)8-11(4)13(7-2)9-12(5)14/h10H,6-9H2,1-5H3/b13-11+/t10-/m0/s1. The molecule has 1 nitrogen and oxygen atoms in total. The summed E-state index contributed by atoms with van der Waals surface area (Å²) in [5.41, 5.74) is 2.77. The maximum Gasteiger partial charge on any atom is 0.133 e. The number of carbonyl (C=O) groups is 1. The van der Waals surface area contributed by atoms with Crippen molar-refractivity contribution >= 4 is 5.78 Å². The molecule has 0 aliphatic carbocycles. The third kappa shape index (κ3) is 5.21. The quantitative estimate of drug-likeness (QED) is 0.584. The van der Waals surface area contributed by atoms with E-state index in [4.69, 9.17) is 0 Å². The number of carbonyl (C=O) groups excluding carboxylic acids is 1. The van der Waals surface area contributed by atoms with Crippen LogP contribution in [-0.2, 0) is 4.79 Å². The Bertz CT molecular complexity index is 213. The largest absolute Gasteiger partial charge is 0.300 e. The zero-order valence-electron chi connectivity index (χ0n) is 10.3. The van der Waals surface area contributed by atoms with Gasteiger partial charge in [0.05, 0.1) is 0 Å². The highest BCUT2D eigenvalue weighted by Crippen LogP contribution is 2.21. The van der Waals surface area contributed by atoms with E-state index in [0.29, 0.717) is 6.42 Å². The van der Waals surface area contributed by atoms with Gasteiger partial charge in [-0.3, -0.25) is 4.79 Å². The summed E-state index contributed by atoms with van der Waals surface area (Å²) in [5.74, 6) is 1.02. The fraction of sp³-hybridized carbons (Fsp3) is 0.769. The highest BCUT2D eigenvalue weighted by Gasteiger charge is 2.06. The summed E-state index contributed by atoms with van der Waals surface area (Å²) >= 11 is 0. The van der Waals surface area contributed by atoms with Crippen LogP contribution in [0.2, 0.25) is 0 Å². The fourth-order valence-corrected chi connectivity index (χ4v) is 1.69. The molecule has 0 radical (unpaired) electrons. The average molecular weight is 196 g/mol. The Morgan fingerprint density at radius 1 is 1.21 bits per heavy atom. The van der Waals surface area contributed by atoms with Crippen LogP contribution in [-0.4, -0.2) is 5.78 Å². The lowest BCUT2D eigenvalue weighted by Gasteiger charge is -2.13. The van der Waals surface area contributed by atoms with Gasteiger partial charge in [-0.05, 0) is 32.6 Å². The molecule has 0 saturated heterocycles. The Morgan fingerprint density at radius 2 is 1.79 bits per heavy atom. The number of ketones is 1. The number of hydrogen-bond donors (Lipinski definition) is 0. The van der Waals surface area contributed by atoms with Crippen molar-refractivity contribution in [2.24, 2.45) is 5.92 Å². The zero-order valence-corrected chi connectivity index (χ0v) is 10.3. The van der Waals surface area contributed by atoms with Gasteiger partial charge in [0.25, 0.3) is 0 Å². The molecule has 14 heavy (non-hydrogen) atoms. The first-order chi connectivity index (χ1) is 6.51. The predicted octanol–water partition coefficient (Wildman–Crippen LogP) is 4.13. The number of allylic oxidation sites excluding steroid dienone is 2.